The van der Waals surface area contributed by atoms with Crippen molar-refractivity contribution in [3.63, 3.8) is 0 Å². The van der Waals surface area contributed by atoms with Gasteiger partial charge in [0.2, 0.25) is 5.91 Å². The third-order valence-electron chi connectivity index (χ3n) is 4.32. The molecule has 2 amide bonds. The van der Waals surface area contributed by atoms with Crippen molar-refractivity contribution in [2.45, 2.75) is 13.1 Å². The van der Waals surface area contributed by atoms with Crippen LogP contribution in [0.3, 0.4) is 0 Å². The van der Waals surface area contributed by atoms with Crippen LogP contribution < -0.4 is 10.6 Å². The van der Waals surface area contributed by atoms with E-state index in [9.17, 15) is 9.59 Å². The standard InChI is InChI=1S/C21H19N7O2/c29-20(13-27-9-3-8-24-27)26-18-6-1-4-16(10-18)12-23-21(30)17-5-2-7-19(11-17)28-15-22-14-25-28/h1-11,14-15H,12-13H2,(H,23,30)(H,26,29). The van der Waals surface area contributed by atoms with Crippen molar-refractivity contribution in [2.24, 2.45) is 0 Å². The highest BCUT2D eigenvalue weighted by Gasteiger charge is 2.08. The highest BCUT2D eigenvalue weighted by molar-refractivity contribution is 5.94. The van der Waals surface area contributed by atoms with Gasteiger partial charge in [-0.05, 0) is 42.0 Å². The summed E-state index contributed by atoms with van der Waals surface area (Å²) in [5.41, 5.74) is 2.80. The van der Waals surface area contributed by atoms with Crippen molar-refractivity contribution < 1.29 is 9.59 Å². The number of rotatable bonds is 7. The summed E-state index contributed by atoms with van der Waals surface area (Å²) < 4.78 is 3.14. The molecule has 0 saturated carbocycles. The summed E-state index contributed by atoms with van der Waals surface area (Å²) in [5.74, 6) is -0.380. The van der Waals surface area contributed by atoms with Crippen molar-refractivity contribution >= 4 is 17.5 Å². The lowest BCUT2D eigenvalue weighted by atomic mass is 10.1. The second-order valence-electron chi connectivity index (χ2n) is 6.53. The van der Waals surface area contributed by atoms with Crippen LogP contribution in [0.4, 0.5) is 5.69 Å². The van der Waals surface area contributed by atoms with E-state index >= 15 is 0 Å². The normalized spacial score (nSPS) is 10.5. The number of carbonyl (C=O) groups is 2. The zero-order chi connectivity index (χ0) is 20.8. The number of nitrogens with zero attached hydrogens (tertiary/aromatic N) is 5. The average molecular weight is 401 g/mol. The molecule has 0 atom stereocenters. The Hall–Kier alpha value is -4.27. The molecule has 9 nitrogen and oxygen atoms in total. The van der Waals surface area contributed by atoms with Crippen molar-refractivity contribution in [2.75, 3.05) is 5.32 Å². The Balaban J connectivity index is 1.36. The van der Waals surface area contributed by atoms with Gasteiger partial charge in [-0.1, -0.05) is 18.2 Å². The van der Waals surface area contributed by atoms with E-state index in [4.69, 9.17) is 0 Å². The number of amides is 2. The molecule has 0 aliphatic heterocycles. The molecule has 0 spiro atoms. The van der Waals surface area contributed by atoms with E-state index in [-0.39, 0.29) is 18.4 Å². The quantitative estimate of drug-likeness (QED) is 0.493. The lowest BCUT2D eigenvalue weighted by Gasteiger charge is -2.10. The summed E-state index contributed by atoms with van der Waals surface area (Å²) in [6, 6.07) is 16.2. The van der Waals surface area contributed by atoms with E-state index in [1.54, 1.807) is 58.4 Å². The summed E-state index contributed by atoms with van der Waals surface area (Å²) >= 11 is 0. The van der Waals surface area contributed by atoms with Crippen LogP contribution in [-0.2, 0) is 17.9 Å². The number of hydrogen-bond acceptors (Lipinski definition) is 5. The zero-order valence-corrected chi connectivity index (χ0v) is 16.0. The largest absolute Gasteiger partial charge is 0.348 e. The fraction of sp³-hybridized carbons (Fsp3) is 0.0952. The number of aromatic nitrogens is 5. The molecular formula is C21H19N7O2. The molecule has 9 heteroatoms. The van der Waals surface area contributed by atoms with Crippen molar-refractivity contribution in [1.29, 1.82) is 0 Å². The lowest BCUT2D eigenvalue weighted by Crippen LogP contribution is -2.23. The van der Waals surface area contributed by atoms with Crippen LogP contribution in [0.5, 0.6) is 0 Å². The molecule has 4 rings (SSSR count). The summed E-state index contributed by atoms with van der Waals surface area (Å²) in [6.45, 7) is 0.464. The zero-order valence-electron chi connectivity index (χ0n) is 16.0. The predicted molar refractivity (Wildman–Crippen MR) is 110 cm³/mol. The van der Waals surface area contributed by atoms with Crippen LogP contribution in [0.25, 0.3) is 5.69 Å². The Labute approximate surface area is 172 Å². The summed E-state index contributed by atoms with van der Waals surface area (Å²) in [4.78, 5) is 28.6. The Morgan fingerprint density at radius 1 is 1.00 bits per heavy atom. The van der Waals surface area contributed by atoms with E-state index in [0.29, 0.717) is 17.8 Å². The molecule has 0 radical (unpaired) electrons. The van der Waals surface area contributed by atoms with Gasteiger partial charge in [0.25, 0.3) is 5.91 Å². The minimum Gasteiger partial charge on any atom is -0.348 e. The second kappa shape index (κ2) is 8.82. The SMILES string of the molecule is O=C(Cn1cccn1)Nc1cccc(CNC(=O)c2cccc(-n3cncn3)c2)c1. The summed E-state index contributed by atoms with van der Waals surface area (Å²) in [6.07, 6.45) is 6.36. The Morgan fingerprint density at radius 3 is 2.70 bits per heavy atom. The molecule has 0 fully saturated rings. The maximum Gasteiger partial charge on any atom is 0.251 e. The molecule has 2 heterocycles. The fourth-order valence-corrected chi connectivity index (χ4v) is 2.92. The van der Waals surface area contributed by atoms with Gasteiger partial charge in [0, 0.05) is 30.2 Å². The molecule has 0 bridgehead atoms. The first-order valence-corrected chi connectivity index (χ1v) is 9.27. The number of anilines is 1. The number of carbonyl (C=O) groups excluding carboxylic acids is 2. The molecule has 0 saturated heterocycles. The van der Waals surface area contributed by atoms with E-state index < -0.39 is 0 Å². The maximum absolute atomic E-state index is 12.5. The van der Waals surface area contributed by atoms with Crippen LogP contribution in [0.2, 0.25) is 0 Å². The van der Waals surface area contributed by atoms with Crippen LogP contribution >= 0.6 is 0 Å². The molecule has 2 aromatic carbocycles. The van der Waals surface area contributed by atoms with E-state index in [1.165, 1.54) is 6.33 Å². The van der Waals surface area contributed by atoms with E-state index in [1.807, 2.05) is 24.3 Å². The third-order valence-corrected chi connectivity index (χ3v) is 4.32. The molecular weight excluding hydrogens is 382 g/mol. The molecule has 0 aliphatic carbocycles. The summed E-state index contributed by atoms with van der Waals surface area (Å²) in [7, 11) is 0. The van der Waals surface area contributed by atoms with Crippen molar-refractivity contribution in [1.82, 2.24) is 29.9 Å². The van der Waals surface area contributed by atoms with Gasteiger partial charge < -0.3 is 10.6 Å². The Kier molecular flexibility index (Phi) is 5.61. The van der Waals surface area contributed by atoms with Gasteiger partial charge >= 0.3 is 0 Å². The minimum atomic E-state index is -0.204. The third kappa shape index (κ3) is 4.76. The molecule has 4 aromatic rings. The highest BCUT2D eigenvalue weighted by Crippen LogP contribution is 2.12. The average Bonchev–Trinajstić information content (AvgIpc) is 3.47. The lowest BCUT2D eigenvalue weighted by molar-refractivity contribution is -0.116. The van der Waals surface area contributed by atoms with Gasteiger partial charge in [0.15, 0.2) is 0 Å². The van der Waals surface area contributed by atoms with E-state index in [0.717, 1.165) is 11.3 Å². The first-order valence-electron chi connectivity index (χ1n) is 9.27. The van der Waals surface area contributed by atoms with Crippen LogP contribution in [0, 0.1) is 0 Å². The molecule has 0 aliphatic rings. The molecule has 2 N–H and O–H groups in total. The predicted octanol–water partition coefficient (Wildman–Crippen LogP) is 2.03. The number of nitrogens with one attached hydrogen (secondary N) is 2. The first-order chi connectivity index (χ1) is 14.7. The van der Waals surface area contributed by atoms with Crippen molar-refractivity contribution in [3.8, 4) is 5.69 Å². The van der Waals surface area contributed by atoms with Gasteiger partial charge in [0.1, 0.15) is 19.2 Å². The number of hydrogen-bond donors (Lipinski definition) is 2. The maximum atomic E-state index is 12.5. The van der Waals surface area contributed by atoms with Gasteiger partial charge in [-0.15, -0.1) is 0 Å². The molecule has 30 heavy (non-hydrogen) atoms. The van der Waals surface area contributed by atoms with Crippen LogP contribution in [0.15, 0.2) is 79.6 Å². The highest BCUT2D eigenvalue weighted by atomic mass is 16.2. The monoisotopic (exact) mass is 401 g/mol. The molecule has 0 unspecified atom stereocenters. The number of benzene rings is 2. The van der Waals surface area contributed by atoms with Gasteiger partial charge in [-0.25, -0.2) is 9.67 Å². The van der Waals surface area contributed by atoms with Gasteiger partial charge in [-0.3, -0.25) is 14.3 Å². The van der Waals surface area contributed by atoms with Crippen LogP contribution in [-0.4, -0.2) is 36.4 Å². The van der Waals surface area contributed by atoms with E-state index in [2.05, 4.69) is 25.8 Å². The Bertz CT molecular complexity index is 1140. The molecule has 150 valence electrons. The second-order valence-corrected chi connectivity index (χ2v) is 6.53. The Morgan fingerprint density at radius 2 is 1.90 bits per heavy atom. The van der Waals surface area contributed by atoms with Gasteiger partial charge in [-0.2, -0.15) is 10.2 Å². The smallest absolute Gasteiger partial charge is 0.251 e. The summed E-state index contributed by atoms with van der Waals surface area (Å²) in [5, 5.41) is 13.8. The first kappa shape index (κ1) is 19.1. The van der Waals surface area contributed by atoms with Gasteiger partial charge in [0.05, 0.1) is 5.69 Å². The minimum absolute atomic E-state index is 0.135. The van der Waals surface area contributed by atoms with Crippen LogP contribution in [0.1, 0.15) is 15.9 Å². The van der Waals surface area contributed by atoms with Crippen molar-refractivity contribution in [3.05, 3.63) is 90.8 Å². The molecule has 2 aromatic heterocycles. The topological polar surface area (TPSA) is 107 Å². The fourth-order valence-electron chi connectivity index (χ4n) is 2.92.